The zero-order valence-electron chi connectivity index (χ0n) is 30.3. The van der Waals surface area contributed by atoms with Gasteiger partial charge in [0.05, 0.1) is 18.0 Å². The molecule has 258 valence electrons. The molecule has 9 rings (SSSR count). The summed E-state index contributed by atoms with van der Waals surface area (Å²) < 4.78 is 0. The van der Waals surface area contributed by atoms with E-state index < -0.39 is 0 Å². The lowest BCUT2D eigenvalue weighted by molar-refractivity contribution is 1.15. The molecule has 0 aliphatic heterocycles. The highest BCUT2D eigenvalue weighted by Crippen LogP contribution is 2.41. The van der Waals surface area contributed by atoms with E-state index in [0.29, 0.717) is 11.5 Å². The molecule has 0 amide bonds. The molecule has 0 radical (unpaired) electrons. The van der Waals surface area contributed by atoms with E-state index in [1.165, 1.54) is 21.9 Å². The van der Waals surface area contributed by atoms with Crippen molar-refractivity contribution in [3.05, 3.63) is 211 Å². The highest BCUT2D eigenvalue weighted by atomic mass is 14.9. The maximum absolute atomic E-state index is 7.31. The van der Waals surface area contributed by atoms with Crippen LogP contribution in [0.15, 0.2) is 194 Å². The van der Waals surface area contributed by atoms with Crippen LogP contribution < -0.4 is 0 Å². The van der Waals surface area contributed by atoms with Crippen LogP contribution >= 0.6 is 0 Å². The number of benzene rings is 8. The molecule has 55 heavy (non-hydrogen) atoms. The minimum absolute atomic E-state index is 0.645. The van der Waals surface area contributed by atoms with Crippen LogP contribution in [0.2, 0.25) is 0 Å². The fraction of sp³-hybridized carbons (Fsp3) is 0.0192. The van der Waals surface area contributed by atoms with Crippen LogP contribution in [0.4, 0.5) is 5.69 Å². The predicted octanol–water partition coefficient (Wildman–Crippen LogP) is 14.2. The molecule has 0 fully saturated rings. The summed E-state index contributed by atoms with van der Waals surface area (Å²) in [6, 6.07) is 67.8. The van der Waals surface area contributed by atoms with Crippen molar-refractivity contribution < 1.29 is 0 Å². The summed E-state index contributed by atoms with van der Waals surface area (Å²) in [5, 5.41) is 2.41. The van der Waals surface area contributed by atoms with E-state index in [0.717, 1.165) is 67.0 Å². The van der Waals surface area contributed by atoms with Gasteiger partial charge in [-0.3, -0.25) is 0 Å². The summed E-state index contributed by atoms with van der Waals surface area (Å²) in [7, 11) is 0. The standard InChI is InChI=1S/C52H35N3/c1-35-50(39-14-5-3-6-15-39)54-52(41-16-7-4-8-17-41)55-51(35)40-25-23-38(24-26-40)49-47-22-10-9-13-37(47)29-32-48(49)45-21-12-20-44(34-45)43-19-11-18-42(33-43)36-27-30-46(53-2)31-28-36/h3-34H,1H3. The Morgan fingerprint density at radius 1 is 0.400 bits per heavy atom. The van der Waals surface area contributed by atoms with Gasteiger partial charge in [0.1, 0.15) is 0 Å². The van der Waals surface area contributed by atoms with Gasteiger partial charge in [-0.2, -0.15) is 0 Å². The second-order valence-electron chi connectivity index (χ2n) is 13.7. The van der Waals surface area contributed by atoms with E-state index in [1.807, 2.05) is 48.5 Å². The van der Waals surface area contributed by atoms with Gasteiger partial charge in [0.15, 0.2) is 11.5 Å². The van der Waals surface area contributed by atoms with Gasteiger partial charge in [0.25, 0.3) is 0 Å². The summed E-state index contributed by atoms with van der Waals surface area (Å²) in [5.41, 5.74) is 15.8. The molecule has 0 aliphatic carbocycles. The highest BCUT2D eigenvalue weighted by molar-refractivity contribution is 6.04. The van der Waals surface area contributed by atoms with Crippen molar-refractivity contribution in [2.24, 2.45) is 0 Å². The Labute approximate surface area is 321 Å². The summed E-state index contributed by atoms with van der Waals surface area (Å²) in [4.78, 5) is 13.8. The summed E-state index contributed by atoms with van der Waals surface area (Å²) in [5.74, 6) is 0.712. The molecule has 1 heterocycles. The topological polar surface area (TPSA) is 30.1 Å². The van der Waals surface area contributed by atoms with Crippen LogP contribution in [0.25, 0.3) is 94.0 Å². The lowest BCUT2D eigenvalue weighted by Gasteiger charge is -2.17. The molecule has 0 atom stereocenters. The maximum Gasteiger partial charge on any atom is 0.187 e. The quantitative estimate of drug-likeness (QED) is 0.155. The van der Waals surface area contributed by atoms with Crippen LogP contribution in [0, 0.1) is 13.5 Å². The molecule has 0 spiro atoms. The Bertz CT molecular complexity index is 2850. The monoisotopic (exact) mass is 701 g/mol. The minimum Gasteiger partial charge on any atom is -0.238 e. The van der Waals surface area contributed by atoms with Crippen molar-refractivity contribution in [3.63, 3.8) is 0 Å². The smallest absolute Gasteiger partial charge is 0.187 e. The number of aromatic nitrogens is 2. The molecule has 9 aromatic rings. The molecule has 0 N–H and O–H groups in total. The minimum atomic E-state index is 0.645. The van der Waals surface area contributed by atoms with Gasteiger partial charge < -0.3 is 0 Å². The molecule has 0 bridgehead atoms. The van der Waals surface area contributed by atoms with E-state index in [2.05, 4.69) is 157 Å². The zero-order valence-corrected chi connectivity index (χ0v) is 30.3. The Balaban J connectivity index is 1.14. The van der Waals surface area contributed by atoms with Gasteiger partial charge in [0, 0.05) is 22.3 Å². The zero-order chi connectivity index (χ0) is 37.1. The first-order valence-electron chi connectivity index (χ1n) is 18.4. The summed E-state index contributed by atoms with van der Waals surface area (Å²) in [6.45, 7) is 9.43. The highest BCUT2D eigenvalue weighted by Gasteiger charge is 2.17. The third-order valence-electron chi connectivity index (χ3n) is 10.3. The van der Waals surface area contributed by atoms with Crippen LogP contribution in [-0.2, 0) is 0 Å². The van der Waals surface area contributed by atoms with E-state index in [9.17, 15) is 0 Å². The Morgan fingerprint density at radius 3 is 1.55 bits per heavy atom. The van der Waals surface area contributed by atoms with Gasteiger partial charge in [-0.15, -0.1) is 0 Å². The lowest BCUT2D eigenvalue weighted by Crippen LogP contribution is -2.00. The van der Waals surface area contributed by atoms with Gasteiger partial charge >= 0.3 is 0 Å². The molecular weight excluding hydrogens is 667 g/mol. The third kappa shape index (κ3) is 6.59. The first-order chi connectivity index (χ1) is 27.1. The van der Waals surface area contributed by atoms with Crippen molar-refractivity contribution in [3.8, 4) is 78.4 Å². The molecule has 3 nitrogen and oxygen atoms in total. The molecule has 0 unspecified atom stereocenters. The van der Waals surface area contributed by atoms with Crippen molar-refractivity contribution in [1.82, 2.24) is 9.97 Å². The average molecular weight is 702 g/mol. The second-order valence-corrected chi connectivity index (χ2v) is 13.7. The van der Waals surface area contributed by atoms with Crippen LogP contribution in [-0.4, -0.2) is 9.97 Å². The SMILES string of the molecule is [C-]#[N+]c1ccc(-c2cccc(-c3cccc(-c4ccc5ccccc5c4-c4ccc(-c5nc(-c6ccccc6)nc(-c6ccccc6)c5C)cc4)c3)c2)cc1. The van der Waals surface area contributed by atoms with Crippen LogP contribution in [0.5, 0.6) is 0 Å². The Hall–Kier alpha value is -7.41. The second kappa shape index (κ2) is 14.5. The molecule has 0 saturated heterocycles. The fourth-order valence-corrected chi connectivity index (χ4v) is 7.48. The van der Waals surface area contributed by atoms with Crippen molar-refractivity contribution in [1.29, 1.82) is 0 Å². The Morgan fingerprint density at radius 2 is 0.891 bits per heavy atom. The fourth-order valence-electron chi connectivity index (χ4n) is 7.48. The molecular formula is C52H35N3. The Kier molecular flexibility index (Phi) is 8.84. The average Bonchev–Trinajstić information content (AvgIpc) is 3.27. The summed E-state index contributed by atoms with van der Waals surface area (Å²) in [6.07, 6.45) is 0. The lowest BCUT2D eigenvalue weighted by atomic mass is 9.88. The molecule has 0 saturated carbocycles. The first kappa shape index (κ1) is 33.4. The van der Waals surface area contributed by atoms with Gasteiger partial charge in [0.2, 0.25) is 0 Å². The van der Waals surface area contributed by atoms with E-state index in [-0.39, 0.29) is 0 Å². The predicted molar refractivity (Wildman–Crippen MR) is 229 cm³/mol. The van der Waals surface area contributed by atoms with Gasteiger partial charge in [-0.05, 0) is 74.3 Å². The molecule has 8 aromatic carbocycles. The van der Waals surface area contributed by atoms with Crippen LogP contribution in [0.1, 0.15) is 5.56 Å². The number of fused-ring (bicyclic) bond motifs is 1. The van der Waals surface area contributed by atoms with E-state index in [4.69, 9.17) is 16.5 Å². The van der Waals surface area contributed by atoms with Crippen LogP contribution in [0.3, 0.4) is 0 Å². The van der Waals surface area contributed by atoms with Gasteiger partial charge in [-0.1, -0.05) is 182 Å². The number of hydrogen-bond acceptors (Lipinski definition) is 2. The van der Waals surface area contributed by atoms with Crippen molar-refractivity contribution in [2.45, 2.75) is 6.92 Å². The van der Waals surface area contributed by atoms with E-state index >= 15 is 0 Å². The van der Waals surface area contributed by atoms with E-state index in [1.54, 1.807) is 0 Å². The van der Waals surface area contributed by atoms with Crippen molar-refractivity contribution in [2.75, 3.05) is 0 Å². The molecule has 1 aromatic heterocycles. The molecule has 3 heteroatoms. The largest absolute Gasteiger partial charge is 0.238 e. The van der Waals surface area contributed by atoms with Gasteiger partial charge in [-0.25, -0.2) is 14.8 Å². The third-order valence-corrected chi connectivity index (χ3v) is 10.3. The maximum atomic E-state index is 7.31. The molecule has 0 aliphatic rings. The first-order valence-corrected chi connectivity index (χ1v) is 18.4. The number of nitrogens with zero attached hydrogens (tertiary/aromatic N) is 3. The number of rotatable bonds is 7. The normalized spacial score (nSPS) is 11.0. The number of hydrogen-bond donors (Lipinski definition) is 0. The summed E-state index contributed by atoms with van der Waals surface area (Å²) >= 11 is 0. The van der Waals surface area contributed by atoms with Crippen molar-refractivity contribution >= 4 is 16.5 Å².